The topological polar surface area (TPSA) is 51.2 Å². The molecular weight excluding hydrogens is 380 g/mol. The first-order valence-corrected chi connectivity index (χ1v) is 9.99. The number of aryl methyl sites for hydroxylation is 1. The molecular formula is C21H21ClN2O2S. The van der Waals surface area contributed by atoms with Gasteiger partial charge in [-0.2, -0.15) is 0 Å². The summed E-state index contributed by atoms with van der Waals surface area (Å²) in [5, 5.41) is 6.60. The molecule has 0 bridgehead atoms. The number of rotatable bonds is 7. The molecule has 3 aromatic rings. The number of aromatic nitrogens is 1. The first-order chi connectivity index (χ1) is 13.0. The van der Waals surface area contributed by atoms with Gasteiger partial charge < -0.3 is 10.1 Å². The van der Waals surface area contributed by atoms with Gasteiger partial charge in [0, 0.05) is 28.9 Å². The second-order valence-corrected chi connectivity index (χ2v) is 7.49. The molecule has 0 saturated carbocycles. The third kappa shape index (κ3) is 5.31. The molecule has 1 amide bonds. The number of ether oxygens (including phenoxy) is 1. The zero-order valence-electron chi connectivity index (χ0n) is 15.2. The van der Waals surface area contributed by atoms with E-state index in [0.717, 1.165) is 21.8 Å². The lowest BCUT2D eigenvalue weighted by atomic mass is 10.2. The number of thiazole rings is 1. The molecule has 27 heavy (non-hydrogen) atoms. The van der Waals surface area contributed by atoms with Crippen LogP contribution in [0.2, 0.25) is 5.02 Å². The average molecular weight is 401 g/mol. The Morgan fingerprint density at radius 1 is 1.26 bits per heavy atom. The Morgan fingerprint density at radius 2 is 2.04 bits per heavy atom. The Hall–Kier alpha value is -2.37. The van der Waals surface area contributed by atoms with E-state index >= 15 is 0 Å². The summed E-state index contributed by atoms with van der Waals surface area (Å²) in [7, 11) is 0. The number of carbonyl (C=O) groups excluding carboxylic acids is 1. The monoisotopic (exact) mass is 400 g/mol. The molecule has 140 valence electrons. The molecule has 2 aromatic carbocycles. The number of nitrogens with zero attached hydrogens (tertiary/aromatic N) is 1. The summed E-state index contributed by atoms with van der Waals surface area (Å²) in [4.78, 5) is 16.9. The van der Waals surface area contributed by atoms with Gasteiger partial charge in [-0.1, -0.05) is 41.9 Å². The summed E-state index contributed by atoms with van der Waals surface area (Å²) in [6, 6.07) is 15.4. The minimum absolute atomic E-state index is 0.152. The number of hydrogen-bond acceptors (Lipinski definition) is 4. The highest BCUT2D eigenvalue weighted by molar-refractivity contribution is 7.13. The largest absolute Gasteiger partial charge is 0.481 e. The predicted molar refractivity (Wildman–Crippen MR) is 111 cm³/mol. The fourth-order valence-electron chi connectivity index (χ4n) is 2.54. The molecule has 0 aliphatic carbocycles. The predicted octanol–water partition coefficient (Wildman–Crippen LogP) is 4.90. The van der Waals surface area contributed by atoms with Crippen LogP contribution in [0.1, 0.15) is 18.2 Å². The Labute approximate surface area is 168 Å². The van der Waals surface area contributed by atoms with Gasteiger partial charge >= 0.3 is 0 Å². The molecule has 1 heterocycles. The quantitative estimate of drug-likeness (QED) is 0.613. The van der Waals surface area contributed by atoms with Gasteiger partial charge in [0.05, 0.1) is 5.69 Å². The highest BCUT2D eigenvalue weighted by atomic mass is 35.5. The van der Waals surface area contributed by atoms with Crippen molar-refractivity contribution >= 4 is 28.8 Å². The van der Waals surface area contributed by atoms with Crippen molar-refractivity contribution in [3.05, 3.63) is 70.2 Å². The van der Waals surface area contributed by atoms with Crippen molar-refractivity contribution in [1.29, 1.82) is 0 Å². The van der Waals surface area contributed by atoms with Crippen molar-refractivity contribution in [2.45, 2.75) is 26.4 Å². The van der Waals surface area contributed by atoms with Gasteiger partial charge in [0.25, 0.3) is 5.91 Å². The molecule has 0 aliphatic heterocycles. The summed E-state index contributed by atoms with van der Waals surface area (Å²) in [6.45, 7) is 4.15. The highest BCUT2D eigenvalue weighted by Gasteiger charge is 2.15. The minimum Gasteiger partial charge on any atom is -0.481 e. The molecule has 0 fully saturated rings. The Bertz CT molecular complexity index is 912. The van der Waals surface area contributed by atoms with E-state index in [1.165, 1.54) is 0 Å². The van der Waals surface area contributed by atoms with Crippen LogP contribution in [0, 0.1) is 6.92 Å². The van der Waals surface area contributed by atoms with E-state index in [4.69, 9.17) is 16.3 Å². The van der Waals surface area contributed by atoms with Crippen LogP contribution < -0.4 is 10.1 Å². The fourth-order valence-corrected chi connectivity index (χ4v) is 3.52. The zero-order chi connectivity index (χ0) is 19.2. The SMILES string of the molecule is Cc1cc(O[C@H](C)C(=O)NCCc2csc(-c3ccccc3)n2)ccc1Cl. The lowest BCUT2D eigenvalue weighted by Crippen LogP contribution is -2.37. The smallest absolute Gasteiger partial charge is 0.260 e. The van der Waals surface area contributed by atoms with E-state index in [0.29, 0.717) is 23.7 Å². The summed E-state index contributed by atoms with van der Waals surface area (Å²) in [6.07, 6.45) is 0.0999. The molecule has 0 spiro atoms. The maximum absolute atomic E-state index is 12.2. The van der Waals surface area contributed by atoms with Crippen LogP contribution in [0.15, 0.2) is 53.9 Å². The number of nitrogens with one attached hydrogen (secondary N) is 1. The van der Waals surface area contributed by atoms with Crippen LogP contribution in [0.3, 0.4) is 0 Å². The Kier molecular flexibility index (Phi) is 6.48. The van der Waals surface area contributed by atoms with Gasteiger partial charge in [-0.3, -0.25) is 4.79 Å². The summed E-state index contributed by atoms with van der Waals surface area (Å²) in [5.41, 5.74) is 3.00. The normalized spacial score (nSPS) is 11.8. The summed E-state index contributed by atoms with van der Waals surface area (Å²) in [5.74, 6) is 0.479. The number of hydrogen-bond donors (Lipinski definition) is 1. The molecule has 3 rings (SSSR count). The molecule has 4 nitrogen and oxygen atoms in total. The van der Waals surface area contributed by atoms with Gasteiger partial charge in [0.1, 0.15) is 10.8 Å². The van der Waals surface area contributed by atoms with Crippen molar-refractivity contribution in [2.24, 2.45) is 0 Å². The minimum atomic E-state index is -0.583. The lowest BCUT2D eigenvalue weighted by molar-refractivity contribution is -0.127. The number of carbonyl (C=O) groups is 1. The fraction of sp³-hybridized carbons (Fsp3) is 0.238. The zero-order valence-corrected chi connectivity index (χ0v) is 16.8. The first kappa shape index (κ1) is 19.4. The van der Waals surface area contributed by atoms with Gasteiger partial charge in [0.2, 0.25) is 0 Å². The molecule has 6 heteroatoms. The summed E-state index contributed by atoms with van der Waals surface area (Å²) < 4.78 is 5.69. The van der Waals surface area contributed by atoms with Crippen molar-refractivity contribution in [1.82, 2.24) is 10.3 Å². The second kappa shape index (κ2) is 9.02. The molecule has 1 N–H and O–H groups in total. The molecule has 0 radical (unpaired) electrons. The highest BCUT2D eigenvalue weighted by Crippen LogP contribution is 2.23. The molecule has 0 saturated heterocycles. The maximum atomic E-state index is 12.2. The second-order valence-electron chi connectivity index (χ2n) is 6.22. The van der Waals surface area contributed by atoms with Crippen LogP contribution in [0.4, 0.5) is 0 Å². The molecule has 1 aromatic heterocycles. The van der Waals surface area contributed by atoms with Crippen LogP contribution in [0.5, 0.6) is 5.75 Å². The van der Waals surface area contributed by atoms with E-state index in [1.807, 2.05) is 48.7 Å². The summed E-state index contributed by atoms with van der Waals surface area (Å²) >= 11 is 7.62. The lowest BCUT2D eigenvalue weighted by Gasteiger charge is -2.15. The maximum Gasteiger partial charge on any atom is 0.260 e. The third-order valence-corrected chi connectivity index (χ3v) is 5.43. The molecule has 1 atom stereocenters. The van der Waals surface area contributed by atoms with Gasteiger partial charge in [-0.25, -0.2) is 4.98 Å². The van der Waals surface area contributed by atoms with Gasteiger partial charge in [-0.05, 0) is 37.6 Å². The van der Waals surface area contributed by atoms with Crippen LogP contribution in [-0.2, 0) is 11.2 Å². The third-order valence-electron chi connectivity index (χ3n) is 4.06. The first-order valence-electron chi connectivity index (χ1n) is 8.73. The van der Waals surface area contributed by atoms with E-state index < -0.39 is 6.10 Å². The van der Waals surface area contributed by atoms with Gasteiger partial charge in [-0.15, -0.1) is 11.3 Å². The van der Waals surface area contributed by atoms with Crippen molar-refractivity contribution in [2.75, 3.05) is 6.54 Å². The average Bonchev–Trinajstić information content (AvgIpc) is 3.14. The number of benzene rings is 2. The Balaban J connectivity index is 1.47. The number of halogens is 1. The van der Waals surface area contributed by atoms with Crippen LogP contribution in [-0.4, -0.2) is 23.5 Å². The molecule has 0 aliphatic rings. The van der Waals surface area contributed by atoms with Crippen molar-refractivity contribution < 1.29 is 9.53 Å². The van der Waals surface area contributed by atoms with Gasteiger partial charge in [0.15, 0.2) is 6.10 Å². The van der Waals surface area contributed by atoms with E-state index in [-0.39, 0.29) is 5.91 Å². The molecule has 0 unspecified atom stereocenters. The van der Waals surface area contributed by atoms with Crippen molar-refractivity contribution in [3.63, 3.8) is 0 Å². The number of amides is 1. The van der Waals surface area contributed by atoms with Crippen LogP contribution in [0.25, 0.3) is 10.6 Å². The van der Waals surface area contributed by atoms with E-state index in [9.17, 15) is 4.79 Å². The van der Waals surface area contributed by atoms with Crippen molar-refractivity contribution in [3.8, 4) is 16.3 Å². The van der Waals surface area contributed by atoms with Crippen LogP contribution >= 0.6 is 22.9 Å². The Morgan fingerprint density at radius 3 is 2.78 bits per heavy atom. The van der Waals surface area contributed by atoms with E-state index in [1.54, 1.807) is 30.4 Å². The standard InChI is InChI=1S/C21H21ClN2O2S/c1-14-12-18(8-9-19(14)22)26-15(2)20(25)23-11-10-17-13-27-21(24-17)16-6-4-3-5-7-16/h3-9,12-13,15H,10-11H2,1-2H3,(H,23,25)/t15-/m1/s1. The van der Waals surface area contributed by atoms with E-state index in [2.05, 4.69) is 10.3 Å².